The van der Waals surface area contributed by atoms with Crippen LogP contribution in [0.3, 0.4) is 0 Å². The number of ether oxygens (including phenoxy) is 2. The van der Waals surface area contributed by atoms with Crippen molar-refractivity contribution in [3.05, 3.63) is 0 Å². The highest BCUT2D eigenvalue weighted by molar-refractivity contribution is 5.80. The molecule has 31 heavy (non-hydrogen) atoms. The van der Waals surface area contributed by atoms with Crippen molar-refractivity contribution in [1.82, 2.24) is 0 Å². The highest BCUT2D eigenvalue weighted by Gasteiger charge is 2.66. The van der Waals surface area contributed by atoms with Crippen LogP contribution in [0.1, 0.15) is 86.5 Å². The lowest BCUT2D eigenvalue weighted by molar-refractivity contribution is -0.200. The Balaban J connectivity index is 1.68. The van der Waals surface area contributed by atoms with Crippen LogP contribution in [-0.2, 0) is 23.9 Å². The van der Waals surface area contributed by atoms with Gasteiger partial charge in [-0.25, -0.2) is 0 Å². The average molecular weight is 433 g/mol. The van der Waals surface area contributed by atoms with E-state index >= 15 is 0 Å². The maximum absolute atomic E-state index is 12.7. The van der Waals surface area contributed by atoms with E-state index in [-0.39, 0.29) is 40.9 Å². The van der Waals surface area contributed by atoms with E-state index in [4.69, 9.17) is 9.47 Å². The van der Waals surface area contributed by atoms with Gasteiger partial charge in [0.1, 0.15) is 18.0 Å². The van der Waals surface area contributed by atoms with Crippen molar-refractivity contribution >= 4 is 17.7 Å². The molecule has 0 radical (unpaired) electrons. The van der Waals surface area contributed by atoms with E-state index in [2.05, 4.69) is 20.8 Å². The van der Waals surface area contributed by atoms with Gasteiger partial charge in [-0.3, -0.25) is 14.4 Å². The zero-order valence-corrected chi connectivity index (χ0v) is 20.1. The summed E-state index contributed by atoms with van der Waals surface area (Å²) in [6, 6.07) is 0. The molecule has 0 amide bonds. The van der Waals surface area contributed by atoms with E-state index in [1.165, 1.54) is 13.8 Å². The number of hydrogen-bond donors (Lipinski definition) is 0. The smallest absolute Gasteiger partial charge is 0.302 e. The molecule has 5 heteroatoms. The minimum atomic E-state index is -0.212. The molecule has 0 heterocycles. The Hall–Kier alpha value is -1.39. The van der Waals surface area contributed by atoms with Crippen molar-refractivity contribution < 1.29 is 23.9 Å². The molecular weight excluding hydrogens is 392 g/mol. The van der Waals surface area contributed by atoms with Crippen LogP contribution in [0.4, 0.5) is 0 Å². The maximum atomic E-state index is 12.7. The Morgan fingerprint density at radius 3 is 2.16 bits per heavy atom. The first-order chi connectivity index (χ1) is 14.5. The number of esters is 2. The number of rotatable bonds is 3. The lowest BCUT2D eigenvalue weighted by Gasteiger charge is -2.62. The second-order valence-corrected chi connectivity index (χ2v) is 11.7. The zero-order chi connectivity index (χ0) is 22.7. The summed E-state index contributed by atoms with van der Waals surface area (Å²) < 4.78 is 11.7. The predicted molar refractivity (Wildman–Crippen MR) is 117 cm³/mol. The number of ketones is 1. The first-order valence-corrected chi connectivity index (χ1v) is 12.3. The molecule has 0 unspecified atom stereocenters. The average Bonchev–Trinajstić information content (AvgIpc) is 2.90. The van der Waals surface area contributed by atoms with Crippen molar-refractivity contribution in [2.24, 2.45) is 46.3 Å². The molecular formula is C26H40O5. The molecule has 0 aromatic rings. The largest absolute Gasteiger partial charge is 0.463 e. The fraction of sp³-hybridized carbons (Fsp3) is 0.885. The molecule has 4 saturated carbocycles. The highest BCUT2D eigenvalue weighted by Crippen LogP contribution is 2.69. The molecule has 4 aliphatic carbocycles. The number of carbonyl (C=O) groups excluding carboxylic acids is 3. The summed E-state index contributed by atoms with van der Waals surface area (Å²) in [5.41, 5.74) is -0.0107. The fourth-order valence-electron chi connectivity index (χ4n) is 9.21. The number of hydrogen-bond acceptors (Lipinski definition) is 5. The van der Waals surface area contributed by atoms with Gasteiger partial charge < -0.3 is 9.47 Å². The fourth-order valence-corrected chi connectivity index (χ4v) is 9.21. The second kappa shape index (κ2) is 7.88. The maximum Gasteiger partial charge on any atom is 0.302 e. The lowest BCUT2D eigenvalue weighted by atomic mass is 9.43. The van der Waals surface area contributed by atoms with Crippen LogP contribution in [0.2, 0.25) is 0 Å². The van der Waals surface area contributed by atoms with Gasteiger partial charge in [-0.05, 0) is 86.4 Å². The predicted octanol–water partition coefficient (Wildman–Crippen LogP) is 4.95. The Morgan fingerprint density at radius 2 is 1.55 bits per heavy atom. The van der Waals surface area contributed by atoms with Crippen LogP contribution in [-0.4, -0.2) is 29.9 Å². The van der Waals surface area contributed by atoms with Crippen molar-refractivity contribution in [3.63, 3.8) is 0 Å². The van der Waals surface area contributed by atoms with E-state index in [9.17, 15) is 14.4 Å². The van der Waals surface area contributed by atoms with E-state index in [0.29, 0.717) is 35.4 Å². The molecule has 0 bridgehead atoms. The third-order valence-electron chi connectivity index (χ3n) is 9.95. The van der Waals surface area contributed by atoms with Crippen LogP contribution in [0.15, 0.2) is 0 Å². The molecule has 0 aromatic heterocycles. The van der Waals surface area contributed by atoms with E-state index in [1.54, 1.807) is 6.92 Å². The third kappa shape index (κ3) is 3.64. The quantitative estimate of drug-likeness (QED) is 0.590. The molecule has 4 aliphatic rings. The summed E-state index contributed by atoms with van der Waals surface area (Å²) in [6.07, 6.45) is 6.84. The van der Waals surface area contributed by atoms with Crippen molar-refractivity contribution in [1.29, 1.82) is 0 Å². The molecule has 10 atom stereocenters. The summed E-state index contributed by atoms with van der Waals surface area (Å²) >= 11 is 0. The number of Topliss-reactive ketones (excluding diaryl/α,β-unsaturated/α-hetero) is 1. The number of fused-ring (bicyclic) bond motifs is 5. The SMILES string of the molecule is CC(=O)O[C@@H]1CC[C@@]2(C)[C@H](CC[C@@H]3[C@@H]2[C@H](OC(C)=O)C[C@@]2(C)[C@@H]3C[C@@H](C)[C@@H]2C(C)=O)C1. The van der Waals surface area contributed by atoms with Gasteiger partial charge in [-0.1, -0.05) is 20.8 Å². The van der Waals surface area contributed by atoms with Crippen LogP contribution in [0, 0.1) is 46.3 Å². The molecule has 174 valence electrons. The second-order valence-electron chi connectivity index (χ2n) is 11.7. The topological polar surface area (TPSA) is 69.7 Å². The monoisotopic (exact) mass is 432 g/mol. The minimum Gasteiger partial charge on any atom is -0.463 e. The van der Waals surface area contributed by atoms with Crippen LogP contribution in [0.5, 0.6) is 0 Å². The Labute approximate surface area is 187 Å². The summed E-state index contributed by atoms with van der Waals surface area (Å²) in [6.45, 7) is 11.7. The van der Waals surface area contributed by atoms with Gasteiger partial charge in [0, 0.05) is 25.7 Å². The summed E-state index contributed by atoms with van der Waals surface area (Å²) in [5, 5.41) is 0. The zero-order valence-electron chi connectivity index (χ0n) is 20.1. The molecule has 0 aliphatic heterocycles. The summed E-state index contributed by atoms with van der Waals surface area (Å²) in [5.74, 6) is 2.13. The van der Waals surface area contributed by atoms with E-state index in [0.717, 1.165) is 44.9 Å². The molecule has 0 aromatic carbocycles. The van der Waals surface area contributed by atoms with Crippen molar-refractivity contribution in [2.45, 2.75) is 98.7 Å². The number of carbonyl (C=O) groups is 3. The van der Waals surface area contributed by atoms with E-state index in [1.807, 2.05) is 0 Å². The third-order valence-corrected chi connectivity index (χ3v) is 9.95. The molecule has 0 saturated heterocycles. The highest BCUT2D eigenvalue weighted by atomic mass is 16.5. The molecule has 4 fully saturated rings. The molecule has 5 nitrogen and oxygen atoms in total. The Kier molecular flexibility index (Phi) is 5.79. The van der Waals surface area contributed by atoms with Gasteiger partial charge in [0.05, 0.1) is 0 Å². The first-order valence-electron chi connectivity index (χ1n) is 12.3. The molecule has 0 N–H and O–H groups in total. The van der Waals surface area contributed by atoms with Gasteiger partial charge in [-0.2, -0.15) is 0 Å². The Morgan fingerprint density at radius 1 is 0.871 bits per heavy atom. The van der Waals surface area contributed by atoms with Gasteiger partial charge >= 0.3 is 11.9 Å². The standard InChI is InChI=1S/C26H40O5/c1-14-11-21-20-8-7-18-12-19(30-16(3)28)9-10-25(18,5)24(20)22(31-17(4)29)13-26(21,6)23(14)15(2)27/h14,18-24H,7-13H2,1-6H3/t14-,18-,19-,20+,21-,22-,23-,24-,25+,26+/m1/s1. The van der Waals surface area contributed by atoms with Gasteiger partial charge in [0.15, 0.2) is 0 Å². The summed E-state index contributed by atoms with van der Waals surface area (Å²) in [7, 11) is 0. The van der Waals surface area contributed by atoms with Gasteiger partial charge in [0.2, 0.25) is 0 Å². The van der Waals surface area contributed by atoms with Crippen LogP contribution in [0.25, 0.3) is 0 Å². The van der Waals surface area contributed by atoms with Crippen molar-refractivity contribution in [2.75, 3.05) is 0 Å². The first kappa shape index (κ1) is 22.8. The Bertz CT molecular complexity index is 761. The van der Waals surface area contributed by atoms with Gasteiger partial charge in [-0.15, -0.1) is 0 Å². The van der Waals surface area contributed by atoms with Gasteiger partial charge in [0.25, 0.3) is 0 Å². The van der Waals surface area contributed by atoms with Crippen molar-refractivity contribution in [3.8, 4) is 0 Å². The minimum absolute atomic E-state index is 0.0155. The van der Waals surface area contributed by atoms with E-state index < -0.39 is 0 Å². The summed E-state index contributed by atoms with van der Waals surface area (Å²) in [4.78, 5) is 36.3. The van der Waals surface area contributed by atoms with Crippen LogP contribution < -0.4 is 0 Å². The normalized spacial score (nSPS) is 48.7. The lowest BCUT2D eigenvalue weighted by Crippen LogP contribution is -2.60. The molecule has 4 rings (SSSR count). The van der Waals surface area contributed by atoms with Crippen LogP contribution >= 0.6 is 0 Å². The molecule has 0 spiro atoms.